The third-order valence-electron chi connectivity index (χ3n) is 5.84. The molecule has 1 aromatic heterocycles. The zero-order chi connectivity index (χ0) is 18.8. The minimum atomic E-state index is 0.342. The van der Waals surface area contributed by atoms with Gasteiger partial charge in [-0.25, -0.2) is 0 Å². The summed E-state index contributed by atoms with van der Waals surface area (Å²) in [5.74, 6) is 0.342. The first kappa shape index (κ1) is 18.5. The minimum absolute atomic E-state index is 0.342. The fourth-order valence-corrected chi connectivity index (χ4v) is 4.33. The molecule has 1 aromatic carbocycles. The Bertz CT molecular complexity index is 772. The predicted octanol–water partition coefficient (Wildman–Crippen LogP) is 2.13. The summed E-state index contributed by atoms with van der Waals surface area (Å²) >= 11 is 0. The summed E-state index contributed by atoms with van der Waals surface area (Å²) in [6.45, 7) is 6.99. The first-order chi connectivity index (χ1) is 13.1. The van der Waals surface area contributed by atoms with Gasteiger partial charge in [-0.1, -0.05) is 12.1 Å². The van der Waals surface area contributed by atoms with Gasteiger partial charge in [-0.15, -0.1) is 0 Å². The van der Waals surface area contributed by atoms with Gasteiger partial charge >= 0.3 is 0 Å². The van der Waals surface area contributed by atoms with E-state index in [1.807, 2.05) is 12.1 Å². The Labute approximate surface area is 162 Å². The molecular formula is C21H31N5O. The van der Waals surface area contributed by atoms with E-state index in [4.69, 9.17) is 5.10 Å². The molecule has 1 fully saturated rings. The Hall–Kier alpha value is -1.89. The Morgan fingerprint density at radius 2 is 2.00 bits per heavy atom. The van der Waals surface area contributed by atoms with E-state index in [2.05, 4.69) is 45.6 Å². The first-order valence-corrected chi connectivity index (χ1v) is 10.0. The maximum absolute atomic E-state index is 9.67. The highest BCUT2D eigenvalue weighted by Crippen LogP contribution is 2.20. The van der Waals surface area contributed by atoms with Gasteiger partial charge in [0.15, 0.2) is 0 Å². The van der Waals surface area contributed by atoms with Crippen LogP contribution in [-0.2, 0) is 26.2 Å². The van der Waals surface area contributed by atoms with Gasteiger partial charge in [0.1, 0.15) is 5.75 Å². The van der Waals surface area contributed by atoms with Crippen molar-refractivity contribution in [3.8, 4) is 5.75 Å². The van der Waals surface area contributed by atoms with Gasteiger partial charge in [0.2, 0.25) is 0 Å². The lowest BCUT2D eigenvalue weighted by molar-refractivity contribution is 0.126. The number of aromatic hydroxyl groups is 1. The molecule has 6 heteroatoms. The molecule has 2 aromatic rings. The van der Waals surface area contributed by atoms with Crippen molar-refractivity contribution < 1.29 is 5.11 Å². The highest BCUT2D eigenvalue weighted by atomic mass is 16.3. The molecule has 1 saturated heterocycles. The molecule has 1 N–H and O–H groups in total. The van der Waals surface area contributed by atoms with Gasteiger partial charge in [-0.2, -0.15) is 5.10 Å². The zero-order valence-electron chi connectivity index (χ0n) is 16.5. The van der Waals surface area contributed by atoms with Crippen LogP contribution >= 0.6 is 0 Å². The number of fused-ring (bicyclic) bond motifs is 1. The van der Waals surface area contributed by atoms with Crippen LogP contribution in [0, 0.1) is 0 Å². The largest absolute Gasteiger partial charge is 0.508 e. The normalized spacial score (nSPS) is 21.5. The van der Waals surface area contributed by atoms with Crippen molar-refractivity contribution in [3.05, 3.63) is 47.3 Å². The second-order valence-electron chi connectivity index (χ2n) is 8.23. The lowest BCUT2D eigenvalue weighted by atomic mass is 10.0. The van der Waals surface area contributed by atoms with Crippen LogP contribution in [0.2, 0.25) is 0 Å². The van der Waals surface area contributed by atoms with Crippen molar-refractivity contribution >= 4 is 0 Å². The molecule has 1 atom stereocenters. The number of nitrogens with zero attached hydrogens (tertiary/aromatic N) is 5. The summed E-state index contributed by atoms with van der Waals surface area (Å²) in [4.78, 5) is 7.33. The van der Waals surface area contributed by atoms with E-state index in [9.17, 15) is 5.11 Å². The smallest absolute Gasteiger partial charge is 0.115 e. The molecule has 0 radical (unpaired) electrons. The van der Waals surface area contributed by atoms with Crippen molar-refractivity contribution in [2.45, 2.75) is 45.1 Å². The third-order valence-corrected chi connectivity index (χ3v) is 5.84. The van der Waals surface area contributed by atoms with Crippen molar-refractivity contribution in [2.75, 3.05) is 33.7 Å². The van der Waals surface area contributed by atoms with Gasteiger partial charge in [0.05, 0.1) is 17.9 Å². The summed E-state index contributed by atoms with van der Waals surface area (Å²) in [6, 6.07) is 10.5. The number of hydrogen-bond acceptors (Lipinski definition) is 5. The van der Waals surface area contributed by atoms with E-state index in [0.717, 1.165) is 44.8 Å². The average Bonchev–Trinajstić information content (AvgIpc) is 3.03. The summed E-state index contributed by atoms with van der Waals surface area (Å²) in [5, 5.41) is 14.5. The van der Waals surface area contributed by atoms with Gasteiger partial charge in [0.25, 0.3) is 0 Å². The molecule has 0 spiro atoms. The molecule has 2 aliphatic heterocycles. The van der Waals surface area contributed by atoms with Crippen LogP contribution in [0.25, 0.3) is 0 Å². The van der Waals surface area contributed by atoms with Crippen LogP contribution in [0.5, 0.6) is 5.75 Å². The summed E-state index contributed by atoms with van der Waals surface area (Å²) in [6.07, 6.45) is 2.57. The van der Waals surface area contributed by atoms with Gasteiger partial charge in [0, 0.05) is 38.8 Å². The molecule has 0 unspecified atom stereocenters. The number of hydrogen-bond donors (Lipinski definition) is 1. The monoisotopic (exact) mass is 369 g/mol. The highest BCUT2D eigenvalue weighted by Gasteiger charge is 2.23. The maximum atomic E-state index is 9.67. The molecular weight excluding hydrogens is 338 g/mol. The van der Waals surface area contributed by atoms with Crippen LogP contribution in [0.1, 0.15) is 29.8 Å². The molecule has 2 aliphatic rings. The van der Waals surface area contributed by atoms with E-state index < -0.39 is 0 Å². The molecule has 0 amide bonds. The molecule has 0 aliphatic carbocycles. The number of phenolic OH excluding ortho intramolecular Hbond substituents is 1. The Balaban J connectivity index is 1.37. The van der Waals surface area contributed by atoms with Gasteiger partial charge < -0.3 is 10.0 Å². The van der Waals surface area contributed by atoms with Crippen LogP contribution < -0.4 is 0 Å². The second kappa shape index (κ2) is 8.00. The predicted molar refractivity (Wildman–Crippen MR) is 106 cm³/mol. The quantitative estimate of drug-likeness (QED) is 0.875. The molecule has 27 heavy (non-hydrogen) atoms. The fraction of sp³-hybridized carbons (Fsp3) is 0.571. The lowest BCUT2D eigenvalue weighted by Gasteiger charge is -2.35. The average molecular weight is 370 g/mol. The number of rotatable bonds is 5. The molecule has 146 valence electrons. The van der Waals surface area contributed by atoms with E-state index >= 15 is 0 Å². The third kappa shape index (κ3) is 4.51. The number of aromatic nitrogens is 2. The minimum Gasteiger partial charge on any atom is -0.508 e. The van der Waals surface area contributed by atoms with E-state index in [1.54, 1.807) is 6.07 Å². The van der Waals surface area contributed by atoms with Crippen LogP contribution in [0.4, 0.5) is 0 Å². The summed E-state index contributed by atoms with van der Waals surface area (Å²) in [7, 11) is 4.37. The Morgan fingerprint density at radius 3 is 2.81 bits per heavy atom. The van der Waals surface area contributed by atoms with E-state index in [1.165, 1.54) is 30.8 Å². The molecule has 3 heterocycles. The molecule has 0 bridgehead atoms. The molecule has 4 rings (SSSR count). The van der Waals surface area contributed by atoms with E-state index in [-0.39, 0.29) is 0 Å². The summed E-state index contributed by atoms with van der Waals surface area (Å²) < 4.78 is 2.18. The van der Waals surface area contributed by atoms with Gasteiger partial charge in [-0.3, -0.25) is 14.5 Å². The topological polar surface area (TPSA) is 47.8 Å². The first-order valence-electron chi connectivity index (χ1n) is 10.0. The van der Waals surface area contributed by atoms with Crippen LogP contribution in [-0.4, -0.2) is 69.4 Å². The molecule has 0 saturated carbocycles. The van der Waals surface area contributed by atoms with Gasteiger partial charge in [-0.05, 0) is 57.2 Å². The number of phenols is 1. The number of likely N-dealkylation sites (tertiary alicyclic amines) is 1. The number of piperidine rings is 1. The second-order valence-corrected chi connectivity index (χ2v) is 8.23. The highest BCUT2D eigenvalue weighted by molar-refractivity contribution is 5.27. The number of likely N-dealkylation sites (N-methyl/N-ethyl adjacent to an activating group) is 1. The van der Waals surface area contributed by atoms with Crippen molar-refractivity contribution in [1.29, 1.82) is 0 Å². The van der Waals surface area contributed by atoms with Crippen molar-refractivity contribution in [1.82, 2.24) is 24.5 Å². The Kier molecular flexibility index (Phi) is 5.48. The number of benzene rings is 1. The maximum Gasteiger partial charge on any atom is 0.115 e. The van der Waals surface area contributed by atoms with E-state index in [0.29, 0.717) is 11.8 Å². The fourth-order valence-electron chi connectivity index (χ4n) is 4.33. The molecule has 6 nitrogen and oxygen atoms in total. The summed E-state index contributed by atoms with van der Waals surface area (Å²) in [5.41, 5.74) is 3.66. The standard InChI is InChI=1S/C21H31N5O/c1-23(2)19-6-4-8-24(15-19)14-18-12-20-16-25(9-10-26(20)22-18)13-17-5-3-7-21(27)11-17/h3,5,7,11-12,19,27H,4,6,8-10,13-16H2,1-2H3/t19-/m0/s1. The van der Waals surface area contributed by atoms with Crippen LogP contribution in [0.3, 0.4) is 0 Å². The van der Waals surface area contributed by atoms with Crippen molar-refractivity contribution in [3.63, 3.8) is 0 Å². The zero-order valence-corrected chi connectivity index (χ0v) is 16.5. The lowest BCUT2D eigenvalue weighted by Crippen LogP contribution is -2.44. The van der Waals surface area contributed by atoms with Crippen LogP contribution in [0.15, 0.2) is 30.3 Å². The SMILES string of the molecule is CN(C)[C@H]1CCCN(Cc2cc3n(n2)CCN(Cc2cccc(O)c2)C3)C1. The van der Waals surface area contributed by atoms with Crippen molar-refractivity contribution in [2.24, 2.45) is 0 Å². The Morgan fingerprint density at radius 1 is 1.11 bits per heavy atom.